The number of aryl methyl sites for hydroxylation is 2. The monoisotopic (exact) mass is 453 g/mol. The molecular weight excluding hydrogens is 426 g/mol. The number of methoxy groups -OCH3 is 1. The van der Waals surface area contributed by atoms with Crippen LogP contribution in [0.25, 0.3) is 11.4 Å². The first-order chi connectivity index (χ1) is 15.5. The van der Waals surface area contributed by atoms with Gasteiger partial charge in [0.15, 0.2) is 0 Å². The Hall–Kier alpha value is -2.71. The zero-order valence-corrected chi connectivity index (χ0v) is 19.0. The van der Waals surface area contributed by atoms with Crippen LogP contribution in [0.2, 0.25) is 0 Å². The Bertz CT molecular complexity index is 1200. The molecule has 1 saturated heterocycles. The van der Waals surface area contributed by atoms with E-state index < -0.39 is 10.0 Å². The van der Waals surface area contributed by atoms with Crippen LogP contribution >= 0.6 is 0 Å². The summed E-state index contributed by atoms with van der Waals surface area (Å²) in [5.74, 6) is 1.63. The molecule has 1 aliphatic heterocycles. The fourth-order valence-electron chi connectivity index (χ4n) is 4.64. The fourth-order valence-corrected chi connectivity index (χ4v) is 6.21. The molecule has 3 aromatic rings. The first kappa shape index (κ1) is 21.2. The molecule has 2 aromatic carbocycles. The molecule has 8 heteroatoms. The number of rotatable bonds is 5. The van der Waals surface area contributed by atoms with Crippen LogP contribution in [0.4, 0.5) is 0 Å². The van der Waals surface area contributed by atoms with Crippen molar-refractivity contribution in [2.24, 2.45) is 0 Å². The molecule has 2 heterocycles. The van der Waals surface area contributed by atoms with Crippen molar-refractivity contribution in [2.75, 3.05) is 20.2 Å². The number of aromatic nitrogens is 2. The summed E-state index contributed by atoms with van der Waals surface area (Å²) in [7, 11) is -1.94. The number of fused-ring (bicyclic) bond motifs is 1. The normalized spacial score (nSPS) is 19.5. The zero-order valence-electron chi connectivity index (χ0n) is 18.2. The van der Waals surface area contributed by atoms with Gasteiger partial charge in [-0.25, -0.2) is 8.42 Å². The van der Waals surface area contributed by atoms with E-state index in [1.807, 2.05) is 36.4 Å². The molecule has 1 fully saturated rings. The van der Waals surface area contributed by atoms with Crippen molar-refractivity contribution >= 4 is 10.0 Å². The summed E-state index contributed by atoms with van der Waals surface area (Å²) in [6.07, 6.45) is 5.87. The molecule has 0 N–H and O–H groups in total. The Balaban J connectivity index is 1.34. The Kier molecular flexibility index (Phi) is 5.73. The van der Waals surface area contributed by atoms with Crippen molar-refractivity contribution in [3.05, 3.63) is 59.5 Å². The van der Waals surface area contributed by atoms with Crippen molar-refractivity contribution in [3.63, 3.8) is 0 Å². The summed E-state index contributed by atoms with van der Waals surface area (Å²) in [6, 6.07) is 13.1. The second kappa shape index (κ2) is 8.67. The SMILES string of the molecule is COc1ccc(-c2noc(C3CCCN(S(=O)(=O)c4ccc5c(c4)CCCC5)C3)n2)cc1. The number of hydrogen-bond acceptors (Lipinski definition) is 6. The molecule has 1 aromatic heterocycles. The highest BCUT2D eigenvalue weighted by molar-refractivity contribution is 7.89. The van der Waals surface area contributed by atoms with E-state index in [9.17, 15) is 8.42 Å². The number of benzene rings is 2. The summed E-state index contributed by atoms with van der Waals surface area (Å²) in [6.45, 7) is 0.860. The van der Waals surface area contributed by atoms with E-state index in [4.69, 9.17) is 9.26 Å². The number of hydrogen-bond donors (Lipinski definition) is 0. The van der Waals surface area contributed by atoms with Crippen molar-refractivity contribution in [1.29, 1.82) is 0 Å². The van der Waals surface area contributed by atoms with Gasteiger partial charge in [-0.1, -0.05) is 11.2 Å². The minimum Gasteiger partial charge on any atom is -0.497 e. The summed E-state index contributed by atoms with van der Waals surface area (Å²) in [5, 5.41) is 4.12. The van der Waals surface area contributed by atoms with Crippen molar-refractivity contribution in [1.82, 2.24) is 14.4 Å². The quantitative estimate of drug-likeness (QED) is 0.576. The van der Waals surface area contributed by atoms with E-state index >= 15 is 0 Å². The first-order valence-corrected chi connectivity index (χ1v) is 12.6. The molecule has 168 valence electrons. The van der Waals surface area contributed by atoms with Crippen LogP contribution in [-0.4, -0.2) is 43.1 Å². The van der Waals surface area contributed by atoms with E-state index in [2.05, 4.69) is 10.1 Å². The van der Waals surface area contributed by atoms with Gasteiger partial charge in [-0.15, -0.1) is 0 Å². The highest BCUT2D eigenvalue weighted by Gasteiger charge is 2.33. The molecule has 0 saturated carbocycles. The molecule has 0 bridgehead atoms. The number of ether oxygens (including phenoxy) is 1. The number of nitrogens with zero attached hydrogens (tertiary/aromatic N) is 3. The van der Waals surface area contributed by atoms with Crippen molar-refractivity contribution in [3.8, 4) is 17.1 Å². The highest BCUT2D eigenvalue weighted by atomic mass is 32.2. The first-order valence-electron chi connectivity index (χ1n) is 11.1. The average molecular weight is 454 g/mol. The molecule has 2 aliphatic rings. The minimum atomic E-state index is -3.56. The Morgan fingerprint density at radius 2 is 1.81 bits per heavy atom. The van der Waals surface area contributed by atoms with Crippen LogP contribution in [0.1, 0.15) is 48.6 Å². The molecule has 0 spiro atoms. The van der Waals surface area contributed by atoms with Crippen molar-refractivity contribution in [2.45, 2.75) is 49.3 Å². The molecule has 1 unspecified atom stereocenters. The molecular formula is C24H27N3O4S. The van der Waals surface area contributed by atoms with Gasteiger partial charge in [0.05, 0.1) is 17.9 Å². The van der Waals surface area contributed by atoms with Gasteiger partial charge < -0.3 is 9.26 Å². The molecule has 0 amide bonds. The van der Waals surface area contributed by atoms with Crippen molar-refractivity contribution < 1.29 is 17.7 Å². The lowest BCUT2D eigenvalue weighted by Gasteiger charge is -2.30. The van der Waals surface area contributed by atoms with E-state index in [-0.39, 0.29) is 5.92 Å². The fraction of sp³-hybridized carbons (Fsp3) is 0.417. The zero-order chi connectivity index (χ0) is 22.1. The summed E-state index contributed by atoms with van der Waals surface area (Å²) in [5.41, 5.74) is 3.28. The van der Waals surface area contributed by atoms with E-state index in [1.165, 1.54) is 17.5 Å². The third kappa shape index (κ3) is 4.04. The number of piperidine rings is 1. The molecule has 5 rings (SSSR count). The smallest absolute Gasteiger partial charge is 0.243 e. The van der Waals surface area contributed by atoms with Crippen LogP contribution in [0, 0.1) is 0 Å². The van der Waals surface area contributed by atoms with Gasteiger partial charge in [0.25, 0.3) is 0 Å². The molecule has 0 radical (unpaired) electrons. The maximum absolute atomic E-state index is 13.4. The highest BCUT2D eigenvalue weighted by Crippen LogP contribution is 2.32. The maximum atomic E-state index is 13.4. The lowest BCUT2D eigenvalue weighted by molar-refractivity contribution is 0.265. The predicted molar refractivity (Wildman–Crippen MR) is 120 cm³/mol. The topological polar surface area (TPSA) is 85.5 Å². The molecule has 1 atom stereocenters. The van der Waals surface area contributed by atoms with Gasteiger partial charge in [-0.2, -0.15) is 9.29 Å². The summed E-state index contributed by atoms with van der Waals surface area (Å²) < 4.78 is 39.1. The Morgan fingerprint density at radius 1 is 1.03 bits per heavy atom. The van der Waals surface area contributed by atoms with Crippen LogP contribution in [0.5, 0.6) is 5.75 Å². The molecule has 1 aliphatic carbocycles. The maximum Gasteiger partial charge on any atom is 0.243 e. The largest absolute Gasteiger partial charge is 0.497 e. The van der Waals surface area contributed by atoms with Crippen LogP contribution < -0.4 is 4.74 Å². The average Bonchev–Trinajstić information content (AvgIpc) is 3.34. The third-order valence-electron chi connectivity index (χ3n) is 6.48. The standard InChI is InChI=1S/C24H27N3O4S/c1-30-21-11-8-18(9-12-21)23-25-24(31-26-23)20-7-4-14-27(16-20)32(28,29)22-13-10-17-5-2-3-6-19(17)15-22/h8-13,15,20H,2-7,14,16H2,1H3. The lowest BCUT2D eigenvalue weighted by atomic mass is 9.92. The van der Waals surface area contributed by atoms with Gasteiger partial charge in [0.1, 0.15) is 5.75 Å². The molecule has 7 nitrogen and oxygen atoms in total. The minimum absolute atomic E-state index is 0.115. The van der Waals surface area contributed by atoms with Gasteiger partial charge >= 0.3 is 0 Å². The Labute approximate surface area is 188 Å². The van der Waals surface area contributed by atoms with Gasteiger partial charge in [-0.3, -0.25) is 0 Å². The molecule has 32 heavy (non-hydrogen) atoms. The Morgan fingerprint density at radius 3 is 2.59 bits per heavy atom. The predicted octanol–water partition coefficient (Wildman–Crippen LogP) is 4.19. The van der Waals surface area contributed by atoms with E-state index in [0.29, 0.717) is 29.7 Å². The third-order valence-corrected chi connectivity index (χ3v) is 8.34. The van der Waals surface area contributed by atoms with Gasteiger partial charge in [-0.05, 0) is 86.1 Å². The van der Waals surface area contributed by atoms with Crippen LogP contribution in [-0.2, 0) is 22.9 Å². The van der Waals surface area contributed by atoms with Gasteiger partial charge in [0.2, 0.25) is 21.7 Å². The van der Waals surface area contributed by atoms with Crippen LogP contribution in [0.3, 0.4) is 0 Å². The lowest BCUT2D eigenvalue weighted by Crippen LogP contribution is -2.39. The second-order valence-corrected chi connectivity index (χ2v) is 10.5. The van der Waals surface area contributed by atoms with Crippen LogP contribution in [0.15, 0.2) is 51.9 Å². The number of sulfonamides is 1. The summed E-state index contributed by atoms with van der Waals surface area (Å²) >= 11 is 0. The second-order valence-electron chi connectivity index (χ2n) is 8.52. The van der Waals surface area contributed by atoms with Gasteiger partial charge in [0, 0.05) is 18.7 Å². The summed E-state index contributed by atoms with van der Waals surface area (Å²) in [4.78, 5) is 4.96. The van der Waals surface area contributed by atoms with E-state index in [1.54, 1.807) is 17.5 Å². The van der Waals surface area contributed by atoms with E-state index in [0.717, 1.165) is 43.4 Å².